The van der Waals surface area contributed by atoms with Crippen molar-refractivity contribution >= 4 is 23.6 Å². The van der Waals surface area contributed by atoms with Crippen LogP contribution in [0.5, 0.6) is 0 Å². The average Bonchev–Trinajstić information content (AvgIpc) is 2.63. The van der Waals surface area contributed by atoms with Crippen LogP contribution in [0.4, 0.5) is 4.79 Å². The summed E-state index contributed by atoms with van der Waals surface area (Å²) in [6.45, 7) is 14.0. The van der Waals surface area contributed by atoms with Crippen molar-refractivity contribution in [2.24, 2.45) is 5.92 Å². The van der Waals surface area contributed by atoms with Crippen molar-refractivity contribution in [1.82, 2.24) is 5.32 Å². The number of hydrogen-bond donors (Lipinski definition) is 1. The van der Waals surface area contributed by atoms with Crippen LogP contribution in [0.3, 0.4) is 0 Å². The molecule has 0 radical (unpaired) electrons. The SMILES string of the molecule is C=CC=C(C)c1ccc(CC(CC2C(=O)OC(C)(C)OC2=O)NC(=O)OC(C)(C)C)cc1. The Morgan fingerprint density at radius 2 is 1.75 bits per heavy atom. The highest BCUT2D eigenvalue weighted by Gasteiger charge is 2.44. The summed E-state index contributed by atoms with van der Waals surface area (Å²) in [6.07, 6.45) is 3.45. The Morgan fingerprint density at radius 1 is 1.19 bits per heavy atom. The van der Waals surface area contributed by atoms with E-state index in [1.165, 1.54) is 13.8 Å². The van der Waals surface area contributed by atoms with Gasteiger partial charge in [0.25, 0.3) is 5.79 Å². The molecule has 0 spiro atoms. The van der Waals surface area contributed by atoms with E-state index in [0.29, 0.717) is 6.42 Å². The highest BCUT2D eigenvalue weighted by Crippen LogP contribution is 2.27. The molecule has 32 heavy (non-hydrogen) atoms. The number of alkyl carbamates (subject to hydrolysis) is 1. The lowest BCUT2D eigenvalue weighted by atomic mass is 9.93. The van der Waals surface area contributed by atoms with Crippen LogP contribution >= 0.6 is 0 Å². The van der Waals surface area contributed by atoms with Gasteiger partial charge >= 0.3 is 18.0 Å². The summed E-state index contributed by atoms with van der Waals surface area (Å²) in [5, 5.41) is 2.79. The van der Waals surface area contributed by atoms with E-state index in [1.807, 2.05) is 37.3 Å². The Labute approximate surface area is 189 Å². The van der Waals surface area contributed by atoms with Gasteiger partial charge in [0.2, 0.25) is 0 Å². The van der Waals surface area contributed by atoms with Gasteiger partial charge in [-0.1, -0.05) is 43.0 Å². The third kappa shape index (κ3) is 7.55. The molecular weight excluding hydrogens is 410 g/mol. The number of amides is 1. The first-order chi connectivity index (χ1) is 14.8. The average molecular weight is 444 g/mol. The fraction of sp³-hybridized carbons (Fsp3) is 0.480. The van der Waals surface area contributed by atoms with Gasteiger partial charge in [-0.3, -0.25) is 9.59 Å². The van der Waals surface area contributed by atoms with Crippen LogP contribution in [0.15, 0.2) is 43.0 Å². The van der Waals surface area contributed by atoms with Crippen LogP contribution in [0.2, 0.25) is 0 Å². The zero-order valence-corrected chi connectivity index (χ0v) is 19.7. The summed E-state index contributed by atoms with van der Waals surface area (Å²) in [6, 6.07) is 7.29. The van der Waals surface area contributed by atoms with Crippen molar-refractivity contribution in [1.29, 1.82) is 0 Å². The molecule has 1 atom stereocenters. The molecule has 0 saturated carbocycles. The van der Waals surface area contributed by atoms with Crippen LogP contribution < -0.4 is 5.32 Å². The van der Waals surface area contributed by atoms with Gasteiger partial charge in [-0.15, -0.1) is 0 Å². The van der Waals surface area contributed by atoms with Crippen LogP contribution in [0.25, 0.3) is 5.57 Å². The maximum Gasteiger partial charge on any atom is 0.407 e. The molecule has 1 aromatic carbocycles. The lowest BCUT2D eigenvalue weighted by molar-refractivity contribution is -0.240. The lowest BCUT2D eigenvalue weighted by Crippen LogP contribution is -2.49. The predicted molar refractivity (Wildman–Crippen MR) is 122 cm³/mol. The first-order valence-electron chi connectivity index (χ1n) is 10.6. The largest absolute Gasteiger partial charge is 0.444 e. The van der Waals surface area contributed by atoms with Gasteiger partial charge in [-0.2, -0.15) is 0 Å². The minimum absolute atomic E-state index is 0.0319. The number of hydrogen-bond acceptors (Lipinski definition) is 6. The quantitative estimate of drug-likeness (QED) is 0.378. The highest BCUT2D eigenvalue weighted by atomic mass is 16.7. The number of esters is 2. The van der Waals surface area contributed by atoms with Crippen LogP contribution in [0, 0.1) is 5.92 Å². The molecule has 1 unspecified atom stereocenters. The lowest BCUT2D eigenvalue weighted by Gasteiger charge is -2.34. The molecule has 7 nitrogen and oxygen atoms in total. The van der Waals surface area contributed by atoms with E-state index in [0.717, 1.165) is 16.7 Å². The van der Waals surface area contributed by atoms with Gasteiger partial charge in [0.1, 0.15) is 5.60 Å². The van der Waals surface area contributed by atoms with Gasteiger partial charge in [0, 0.05) is 19.9 Å². The molecule has 1 aliphatic heterocycles. The van der Waals surface area contributed by atoms with E-state index in [2.05, 4.69) is 11.9 Å². The van der Waals surface area contributed by atoms with E-state index in [4.69, 9.17) is 14.2 Å². The second kappa shape index (κ2) is 10.0. The minimum Gasteiger partial charge on any atom is -0.444 e. The molecule has 2 rings (SSSR count). The molecule has 1 saturated heterocycles. The van der Waals surface area contributed by atoms with E-state index >= 15 is 0 Å². The van der Waals surface area contributed by atoms with Crippen molar-refractivity contribution in [3.05, 3.63) is 54.1 Å². The van der Waals surface area contributed by atoms with E-state index in [-0.39, 0.29) is 6.42 Å². The summed E-state index contributed by atoms with van der Waals surface area (Å²) >= 11 is 0. The maximum atomic E-state index is 12.4. The number of benzene rings is 1. The molecule has 0 aliphatic carbocycles. The normalized spacial score (nSPS) is 17.8. The number of nitrogens with one attached hydrogen (secondary N) is 1. The van der Waals surface area contributed by atoms with Gasteiger partial charge in [-0.05, 0) is 57.2 Å². The predicted octanol–water partition coefficient (Wildman–Crippen LogP) is 4.55. The number of carbonyl (C=O) groups is 3. The summed E-state index contributed by atoms with van der Waals surface area (Å²) in [5.41, 5.74) is 2.37. The van der Waals surface area contributed by atoms with Crippen LogP contribution in [0.1, 0.15) is 59.1 Å². The molecule has 1 heterocycles. The Kier molecular flexibility index (Phi) is 7.88. The number of carbonyl (C=O) groups excluding carboxylic acids is 3. The number of rotatable bonds is 7. The van der Waals surface area contributed by atoms with Gasteiger partial charge < -0.3 is 19.5 Å². The summed E-state index contributed by atoms with van der Waals surface area (Å²) in [5.74, 6) is -3.75. The summed E-state index contributed by atoms with van der Waals surface area (Å²) < 4.78 is 15.8. The molecule has 1 N–H and O–H groups in total. The van der Waals surface area contributed by atoms with Gasteiger partial charge in [-0.25, -0.2) is 4.79 Å². The summed E-state index contributed by atoms with van der Waals surface area (Å²) in [7, 11) is 0. The Morgan fingerprint density at radius 3 is 2.25 bits per heavy atom. The number of allylic oxidation sites excluding steroid dienone is 3. The fourth-order valence-electron chi connectivity index (χ4n) is 3.35. The number of ether oxygens (including phenoxy) is 3. The third-order valence-electron chi connectivity index (χ3n) is 4.76. The first-order valence-corrected chi connectivity index (χ1v) is 10.6. The molecular formula is C25H33NO6. The molecule has 7 heteroatoms. The van der Waals surface area contributed by atoms with Gasteiger partial charge in [0.05, 0.1) is 0 Å². The molecule has 1 fully saturated rings. The standard InChI is InChI=1S/C25H33NO6/c1-8-9-16(2)18-12-10-17(11-13-18)14-19(26-23(29)32-24(3,4)5)15-20-21(27)30-25(6,7)31-22(20)28/h8-13,19-20H,1,14-15H2,2-7H3,(H,26,29). The van der Waals surface area contributed by atoms with Crippen LogP contribution in [-0.4, -0.2) is 35.5 Å². The minimum atomic E-state index is -1.30. The molecule has 0 aromatic heterocycles. The molecule has 1 aromatic rings. The molecule has 1 aliphatic rings. The van der Waals surface area contributed by atoms with Crippen molar-refractivity contribution in [2.45, 2.75) is 71.8 Å². The molecule has 1 amide bonds. The monoisotopic (exact) mass is 443 g/mol. The second-order valence-electron chi connectivity index (χ2n) is 9.36. The topological polar surface area (TPSA) is 90.9 Å². The molecule has 174 valence electrons. The highest BCUT2D eigenvalue weighted by molar-refractivity contribution is 5.96. The van der Waals surface area contributed by atoms with E-state index < -0.39 is 41.4 Å². The zero-order chi connectivity index (χ0) is 24.1. The Bertz CT molecular complexity index is 872. The Hall–Kier alpha value is -3.09. The smallest absolute Gasteiger partial charge is 0.407 e. The maximum absolute atomic E-state index is 12.4. The van der Waals surface area contributed by atoms with E-state index in [9.17, 15) is 14.4 Å². The zero-order valence-electron chi connectivity index (χ0n) is 19.7. The van der Waals surface area contributed by atoms with Gasteiger partial charge in [0.15, 0.2) is 5.92 Å². The third-order valence-corrected chi connectivity index (χ3v) is 4.76. The van der Waals surface area contributed by atoms with Crippen molar-refractivity contribution in [2.75, 3.05) is 0 Å². The molecule has 0 bridgehead atoms. The van der Waals surface area contributed by atoms with Crippen LogP contribution in [-0.2, 0) is 30.2 Å². The van der Waals surface area contributed by atoms with Crippen molar-refractivity contribution < 1.29 is 28.6 Å². The first kappa shape index (κ1) is 25.2. The Balaban J connectivity index is 2.20. The van der Waals surface area contributed by atoms with E-state index in [1.54, 1.807) is 26.8 Å². The fourth-order valence-corrected chi connectivity index (χ4v) is 3.35. The number of cyclic esters (lactones) is 2. The second-order valence-corrected chi connectivity index (χ2v) is 9.36. The van der Waals surface area contributed by atoms with Crippen molar-refractivity contribution in [3.8, 4) is 0 Å². The van der Waals surface area contributed by atoms with Crippen molar-refractivity contribution in [3.63, 3.8) is 0 Å². The summed E-state index contributed by atoms with van der Waals surface area (Å²) in [4.78, 5) is 37.2.